The van der Waals surface area contributed by atoms with Gasteiger partial charge in [0.25, 0.3) is 5.56 Å². The number of para-hydroxylation sites is 1. The van der Waals surface area contributed by atoms with Gasteiger partial charge in [-0.15, -0.1) is 0 Å². The number of carbonyl (C=O) groups is 1. The molecule has 1 fully saturated rings. The lowest BCUT2D eigenvalue weighted by atomic mass is 10.2. The zero-order valence-corrected chi connectivity index (χ0v) is 16.4. The number of anilines is 1. The summed E-state index contributed by atoms with van der Waals surface area (Å²) < 4.78 is 1.50. The van der Waals surface area contributed by atoms with E-state index in [1.165, 1.54) is 10.9 Å². The van der Waals surface area contributed by atoms with Crippen LogP contribution in [0.15, 0.2) is 53.8 Å². The van der Waals surface area contributed by atoms with E-state index in [0.717, 1.165) is 10.9 Å². The summed E-state index contributed by atoms with van der Waals surface area (Å²) in [6.07, 6.45) is 5.23. The highest BCUT2D eigenvalue weighted by Crippen LogP contribution is 2.20. The molecule has 0 saturated carbocycles. The van der Waals surface area contributed by atoms with E-state index in [2.05, 4.69) is 24.8 Å². The molecule has 1 amide bonds. The van der Waals surface area contributed by atoms with Gasteiger partial charge in [0.05, 0.1) is 6.33 Å². The van der Waals surface area contributed by atoms with Crippen LogP contribution in [0, 0.1) is 0 Å². The summed E-state index contributed by atoms with van der Waals surface area (Å²) in [6.45, 7) is 2.92. The van der Waals surface area contributed by atoms with Crippen LogP contribution in [0.4, 0.5) is 5.95 Å². The van der Waals surface area contributed by atoms with E-state index in [-0.39, 0.29) is 17.9 Å². The smallest absolute Gasteiger partial charge is 0.277 e. The van der Waals surface area contributed by atoms with Crippen LogP contribution >= 0.6 is 0 Å². The van der Waals surface area contributed by atoms with E-state index in [0.29, 0.717) is 49.7 Å². The van der Waals surface area contributed by atoms with Crippen molar-refractivity contribution in [1.29, 1.82) is 0 Å². The molecule has 152 valence electrons. The molecule has 0 unspecified atom stereocenters. The van der Waals surface area contributed by atoms with Gasteiger partial charge in [0.1, 0.15) is 11.0 Å². The number of nitrogens with zero attached hydrogens (tertiary/aromatic N) is 6. The number of amides is 1. The molecule has 1 aliphatic heterocycles. The molecule has 0 radical (unpaired) electrons. The van der Waals surface area contributed by atoms with Gasteiger partial charge in [0.2, 0.25) is 11.9 Å². The van der Waals surface area contributed by atoms with Gasteiger partial charge in [0, 0.05) is 62.4 Å². The Morgan fingerprint density at radius 1 is 1.00 bits per heavy atom. The monoisotopic (exact) mass is 403 g/mol. The first-order valence-electron chi connectivity index (χ1n) is 9.96. The summed E-state index contributed by atoms with van der Waals surface area (Å²) in [4.78, 5) is 45.5. The molecule has 1 aromatic carbocycles. The van der Waals surface area contributed by atoms with Crippen molar-refractivity contribution >= 4 is 33.8 Å². The topological polar surface area (TPSA) is 100 Å². The fourth-order valence-electron chi connectivity index (χ4n) is 3.88. The highest BCUT2D eigenvalue weighted by atomic mass is 16.2. The van der Waals surface area contributed by atoms with Crippen LogP contribution in [0.2, 0.25) is 0 Å². The normalized spacial score (nSPS) is 14.5. The molecule has 9 heteroatoms. The van der Waals surface area contributed by atoms with E-state index >= 15 is 0 Å². The first-order chi connectivity index (χ1) is 14.7. The minimum absolute atomic E-state index is 0.0345. The van der Waals surface area contributed by atoms with Gasteiger partial charge in [-0.2, -0.15) is 0 Å². The second-order valence-corrected chi connectivity index (χ2v) is 7.30. The molecule has 4 aromatic rings. The second kappa shape index (κ2) is 7.58. The minimum Gasteiger partial charge on any atom is -0.349 e. The Labute approximate surface area is 172 Å². The zero-order chi connectivity index (χ0) is 20.5. The number of nitrogens with one attached hydrogen (secondary N) is 1. The van der Waals surface area contributed by atoms with Gasteiger partial charge < -0.3 is 14.8 Å². The third-order valence-electron chi connectivity index (χ3n) is 5.51. The molecule has 5 rings (SSSR count). The Kier molecular flexibility index (Phi) is 4.62. The first kappa shape index (κ1) is 18.3. The molecule has 0 spiro atoms. The summed E-state index contributed by atoms with van der Waals surface area (Å²) >= 11 is 0. The number of aryl methyl sites for hydroxylation is 1. The number of fused-ring (bicyclic) bond motifs is 3. The molecule has 1 saturated heterocycles. The number of rotatable bonds is 4. The predicted molar refractivity (Wildman–Crippen MR) is 113 cm³/mol. The lowest BCUT2D eigenvalue weighted by Crippen LogP contribution is -2.49. The number of hydrogen-bond donors (Lipinski definition) is 1. The lowest BCUT2D eigenvalue weighted by Gasteiger charge is -2.34. The van der Waals surface area contributed by atoms with Crippen LogP contribution in [0.5, 0.6) is 0 Å². The third kappa shape index (κ3) is 3.28. The minimum atomic E-state index is -0.157. The fraction of sp³-hybridized carbons (Fsp3) is 0.286. The molecule has 1 N–H and O–H groups in total. The number of hydrogen-bond acceptors (Lipinski definition) is 6. The maximum Gasteiger partial charge on any atom is 0.277 e. The van der Waals surface area contributed by atoms with Gasteiger partial charge in [-0.1, -0.05) is 18.2 Å². The van der Waals surface area contributed by atoms with Gasteiger partial charge in [-0.3, -0.25) is 14.2 Å². The first-order valence-corrected chi connectivity index (χ1v) is 9.96. The molecular weight excluding hydrogens is 382 g/mol. The predicted octanol–water partition coefficient (Wildman–Crippen LogP) is 1.41. The Bertz CT molecular complexity index is 1260. The fourth-order valence-corrected chi connectivity index (χ4v) is 3.88. The molecule has 4 heterocycles. The molecule has 9 nitrogen and oxygen atoms in total. The van der Waals surface area contributed by atoms with Crippen molar-refractivity contribution in [3.8, 4) is 0 Å². The molecule has 0 aliphatic carbocycles. The third-order valence-corrected chi connectivity index (χ3v) is 5.51. The average Bonchev–Trinajstić information content (AvgIpc) is 3.19. The summed E-state index contributed by atoms with van der Waals surface area (Å²) in [5, 5.41) is 0.924. The van der Waals surface area contributed by atoms with Crippen molar-refractivity contribution < 1.29 is 4.79 Å². The maximum atomic E-state index is 12.8. The van der Waals surface area contributed by atoms with Crippen molar-refractivity contribution in [3.63, 3.8) is 0 Å². The van der Waals surface area contributed by atoms with E-state index < -0.39 is 0 Å². The highest BCUT2D eigenvalue weighted by Gasteiger charge is 2.22. The van der Waals surface area contributed by atoms with Crippen LogP contribution in [-0.4, -0.2) is 61.5 Å². The summed E-state index contributed by atoms with van der Waals surface area (Å²) in [7, 11) is 0. The van der Waals surface area contributed by atoms with Gasteiger partial charge >= 0.3 is 0 Å². The van der Waals surface area contributed by atoms with Gasteiger partial charge in [-0.05, 0) is 12.1 Å². The Balaban J connectivity index is 1.24. The van der Waals surface area contributed by atoms with Crippen molar-refractivity contribution in [3.05, 3.63) is 59.4 Å². The summed E-state index contributed by atoms with van der Waals surface area (Å²) in [5.74, 6) is 0.723. The molecule has 30 heavy (non-hydrogen) atoms. The van der Waals surface area contributed by atoms with Crippen molar-refractivity contribution in [2.24, 2.45) is 0 Å². The second-order valence-electron chi connectivity index (χ2n) is 7.30. The molecule has 1 aliphatic rings. The standard InChI is InChI=1S/C21H21N7O2/c29-17(26-10-12-27(13-11-26)21-22-7-3-8-23-21)6-9-28-14-24-18-15-4-1-2-5-16(15)25-19(18)20(28)30/h1-5,7-8,14,25H,6,9-13H2. The Hall–Kier alpha value is -3.75. The number of benzene rings is 1. The quantitative estimate of drug-likeness (QED) is 0.553. The number of carbonyl (C=O) groups excluding carboxylic acids is 1. The average molecular weight is 403 g/mol. The van der Waals surface area contributed by atoms with Gasteiger partial charge in [0.15, 0.2) is 0 Å². The summed E-state index contributed by atoms with van der Waals surface area (Å²) in [6, 6.07) is 9.48. The van der Waals surface area contributed by atoms with Crippen LogP contribution in [0.1, 0.15) is 6.42 Å². The van der Waals surface area contributed by atoms with Gasteiger partial charge in [-0.25, -0.2) is 15.0 Å². The Morgan fingerprint density at radius 2 is 1.77 bits per heavy atom. The number of piperazine rings is 1. The van der Waals surface area contributed by atoms with Crippen molar-refractivity contribution in [2.45, 2.75) is 13.0 Å². The van der Waals surface area contributed by atoms with Crippen LogP contribution < -0.4 is 10.5 Å². The lowest BCUT2D eigenvalue weighted by molar-refractivity contribution is -0.131. The molecule has 0 bridgehead atoms. The van der Waals surface area contributed by atoms with Crippen LogP contribution in [-0.2, 0) is 11.3 Å². The van der Waals surface area contributed by atoms with Crippen molar-refractivity contribution in [2.75, 3.05) is 31.1 Å². The van der Waals surface area contributed by atoms with E-state index in [9.17, 15) is 9.59 Å². The van der Waals surface area contributed by atoms with E-state index in [1.54, 1.807) is 18.5 Å². The van der Waals surface area contributed by atoms with Crippen LogP contribution in [0.3, 0.4) is 0 Å². The summed E-state index contributed by atoms with van der Waals surface area (Å²) in [5.41, 5.74) is 1.86. The number of aromatic amines is 1. The molecule has 3 aromatic heterocycles. The molecule has 0 atom stereocenters. The number of H-pyrrole nitrogens is 1. The highest BCUT2D eigenvalue weighted by molar-refractivity contribution is 6.04. The van der Waals surface area contributed by atoms with E-state index in [1.807, 2.05) is 29.2 Å². The Morgan fingerprint density at radius 3 is 2.57 bits per heavy atom. The molecular formula is C21H21N7O2. The van der Waals surface area contributed by atoms with E-state index in [4.69, 9.17) is 0 Å². The maximum absolute atomic E-state index is 12.8. The largest absolute Gasteiger partial charge is 0.349 e. The van der Waals surface area contributed by atoms with Crippen molar-refractivity contribution in [1.82, 2.24) is 29.4 Å². The number of aromatic nitrogens is 5. The van der Waals surface area contributed by atoms with Crippen LogP contribution in [0.25, 0.3) is 21.9 Å². The SMILES string of the molecule is O=C(CCn1cnc2c([nH]c3ccccc32)c1=O)N1CCN(c2ncccn2)CC1. The zero-order valence-electron chi connectivity index (χ0n) is 16.4.